The van der Waals surface area contributed by atoms with Crippen LogP contribution in [-0.2, 0) is 0 Å². The first kappa shape index (κ1) is 15.1. The van der Waals surface area contributed by atoms with Gasteiger partial charge < -0.3 is 5.32 Å². The van der Waals surface area contributed by atoms with Gasteiger partial charge in [-0.15, -0.1) is 0 Å². The molecule has 2 aromatic rings. The molecular formula is C16H15BrClNO. The van der Waals surface area contributed by atoms with E-state index in [-0.39, 0.29) is 5.91 Å². The summed E-state index contributed by atoms with van der Waals surface area (Å²) in [5, 5.41) is 3.58. The normalized spacial score (nSPS) is 10.4. The summed E-state index contributed by atoms with van der Waals surface area (Å²) >= 11 is 9.40. The van der Waals surface area contributed by atoms with E-state index < -0.39 is 0 Å². The van der Waals surface area contributed by atoms with E-state index in [1.807, 2.05) is 32.9 Å². The number of hydrogen-bond acceptors (Lipinski definition) is 1. The lowest BCUT2D eigenvalue weighted by molar-refractivity contribution is 0.102. The maximum atomic E-state index is 12.4. The Kier molecular flexibility index (Phi) is 4.51. The minimum Gasteiger partial charge on any atom is -0.321 e. The topological polar surface area (TPSA) is 29.1 Å². The van der Waals surface area contributed by atoms with Crippen LogP contribution >= 0.6 is 27.5 Å². The van der Waals surface area contributed by atoms with Gasteiger partial charge in [0.15, 0.2) is 0 Å². The van der Waals surface area contributed by atoms with Gasteiger partial charge in [-0.3, -0.25) is 4.79 Å². The predicted molar refractivity (Wildman–Crippen MR) is 87.8 cm³/mol. The number of benzene rings is 2. The van der Waals surface area contributed by atoms with Crippen LogP contribution in [0.15, 0.2) is 34.8 Å². The van der Waals surface area contributed by atoms with Crippen molar-refractivity contribution in [1.29, 1.82) is 0 Å². The number of carbonyl (C=O) groups is 1. The SMILES string of the molecule is Cc1cc(C)c(NC(=O)c2ccc(Cl)cc2C)c(Br)c1. The van der Waals surface area contributed by atoms with Crippen LogP contribution < -0.4 is 5.32 Å². The number of aryl methyl sites for hydroxylation is 3. The van der Waals surface area contributed by atoms with Crippen molar-refractivity contribution in [3.63, 3.8) is 0 Å². The van der Waals surface area contributed by atoms with E-state index in [1.54, 1.807) is 18.2 Å². The fourth-order valence-corrected chi connectivity index (χ4v) is 3.14. The van der Waals surface area contributed by atoms with Gasteiger partial charge in [0.05, 0.1) is 5.69 Å². The summed E-state index contributed by atoms with van der Waals surface area (Å²) < 4.78 is 0.884. The second-order valence-electron chi connectivity index (χ2n) is 4.85. The van der Waals surface area contributed by atoms with Crippen molar-refractivity contribution in [1.82, 2.24) is 0 Å². The lowest BCUT2D eigenvalue weighted by Gasteiger charge is -2.13. The van der Waals surface area contributed by atoms with Gasteiger partial charge in [-0.2, -0.15) is 0 Å². The van der Waals surface area contributed by atoms with Crippen LogP contribution in [0, 0.1) is 20.8 Å². The summed E-state index contributed by atoms with van der Waals surface area (Å²) in [6, 6.07) is 9.27. The van der Waals surface area contributed by atoms with Gasteiger partial charge in [0.2, 0.25) is 0 Å². The van der Waals surface area contributed by atoms with Gasteiger partial charge >= 0.3 is 0 Å². The number of nitrogens with one attached hydrogen (secondary N) is 1. The largest absolute Gasteiger partial charge is 0.321 e. The Morgan fingerprint density at radius 1 is 1.10 bits per heavy atom. The van der Waals surface area contributed by atoms with Crippen molar-refractivity contribution < 1.29 is 4.79 Å². The van der Waals surface area contributed by atoms with Crippen molar-refractivity contribution >= 4 is 39.1 Å². The van der Waals surface area contributed by atoms with Gasteiger partial charge in [0, 0.05) is 15.1 Å². The number of carbonyl (C=O) groups excluding carboxylic acids is 1. The second-order valence-corrected chi connectivity index (χ2v) is 6.14. The number of anilines is 1. The highest BCUT2D eigenvalue weighted by molar-refractivity contribution is 9.10. The van der Waals surface area contributed by atoms with E-state index in [9.17, 15) is 4.79 Å². The quantitative estimate of drug-likeness (QED) is 0.782. The van der Waals surface area contributed by atoms with Gasteiger partial charge in [-0.05, 0) is 77.7 Å². The van der Waals surface area contributed by atoms with Gasteiger partial charge in [-0.1, -0.05) is 17.7 Å². The predicted octanol–water partition coefficient (Wildman–Crippen LogP) is 5.28. The van der Waals surface area contributed by atoms with Crippen molar-refractivity contribution in [2.24, 2.45) is 0 Å². The summed E-state index contributed by atoms with van der Waals surface area (Å²) in [6.07, 6.45) is 0. The maximum absolute atomic E-state index is 12.4. The lowest BCUT2D eigenvalue weighted by Crippen LogP contribution is -2.14. The first-order valence-electron chi connectivity index (χ1n) is 6.22. The van der Waals surface area contributed by atoms with Crippen LogP contribution in [0.5, 0.6) is 0 Å². The molecule has 0 spiro atoms. The zero-order chi connectivity index (χ0) is 14.9. The molecule has 0 aliphatic carbocycles. The molecule has 1 amide bonds. The van der Waals surface area contributed by atoms with E-state index in [0.717, 1.165) is 26.9 Å². The average Bonchev–Trinajstić information content (AvgIpc) is 2.33. The molecule has 0 saturated carbocycles. The Balaban J connectivity index is 2.33. The Bertz CT molecular complexity index is 659. The summed E-state index contributed by atoms with van der Waals surface area (Å²) in [5.41, 5.74) is 4.46. The zero-order valence-electron chi connectivity index (χ0n) is 11.6. The van der Waals surface area contributed by atoms with Gasteiger partial charge in [-0.25, -0.2) is 0 Å². The molecular weight excluding hydrogens is 338 g/mol. The molecule has 0 atom stereocenters. The first-order valence-corrected chi connectivity index (χ1v) is 7.40. The van der Waals surface area contributed by atoms with E-state index in [4.69, 9.17) is 11.6 Å². The highest BCUT2D eigenvalue weighted by atomic mass is 79.9. The smallest absolute Gasteiger partial charge is 0.255 e. The monoisotopic (exact) mass is 351 g/mol. The molecule has 2 nitrogen and oxygen atoms in total. The fraction of sp³-hybridized carbons (Fsp3) is 0.188. The minimum absolute atomic E-state index is 0.133. The Morgan fingerprint density at radius 3 is 2.40 bits per heavy atom. The molecule has 0 aliphatic heterocycles. The molecule has 20 heavy (non-hydrogen) atoms. The van der Waals surface area contributed by atoms with E-state index in [0.29, 0.717) is 10.6 Å². The summed E-state index contributed by atoms with van der Waals surface area (Å²) in [4.78, 5) is 12.4. The van der Waals surface area contributed by atoms with Crippen LogP contribution in [0.3, 0.4) is 0 Å². The van der Waals surface area contributed by atoms with Crippen LogP contribution in [0.25, 0.3) is 0 Å². The third kappa shape index (κ3) is 3.22. The van der Waals surface area contributed by atoms with Gasteiger partial charge in [0.25, 0.3) is 5.91 Å². The van der Waals surface area contributed by atoms with Crippen LogP contribution in [-0.4, -0.2) is 5.91 Å². The summed E-state index contributed by atoms with van der Waals surface area (Å²) in [6.45, 7) is 5.87. The third-order valence-electron chi connectivity index (χ3n) is 3.10. The maximum Gasteiger partial charge on any atom is 0.255 e. The molecule has 0 aliphatic rings. The molecule has 0 bridgehead atoms. The lowest BCUT2D eigenvalue weighted by atomic mass is 10.1. The molecule has 4 heteroatoms. The van der Waals surface area contributed by atoms with E-state index >= 15 is 0 Å². The number of amides is 1. The molecule has 0 unspecified atom stereocenters. The molecule has 1 N–H and O–H groups in total. The highest BCUT2D eigenvalue weighted by Gasteiger charge is 2.13. The first-order chi connectivity index (χ1) is 9.38. The van der Waals surface area contributed by atoms with Crippen molar-refractivity contribution in [3.8, 4) is 0 Å². The third-order valence-corrected chi connectivity index (χ3v) is 3.96. The molecule has 2 aromatic carbocycles. The number of hydrogen-bond donors (Lipinski definition) is 1. The Morgan fingerprint density at radius 2 is 1.80 bits per heavy atom. The van der Waals surface area contributed by atoms with Crippen molar-refractivity contribution in [2.75, 3.05) is 5.32 Å². The highest BCUT2D eigenvalue weighted by Crippen LogP contribution is 2.28. The number of halogens is 2. The van der Waals surface area contributed by atoms with Crippen LogP contribution in [0.4, 0.5) is 5.69 Å². The average molecular weight is 353 g/mol. The Hall–Kier alpha value is -1.32. The molecule has 2 rings (SSSR count). The van der Waals surface area contributed by atoms with Crippen LogP contribution in [0.1, 0.15) is 27.0 Å². The van der Waals surface area contributed by atoms with Crippen molar-refractivity contribution in [2.45, 2.75) is 20.8 Å². The molecule has 0 aromatic heterocycles. The molecule has 0 fully saturated rings. The summed E-state index contributed by atoms with van der Waals surface area (Å²) in [5.74, 6) is -0.133. The second kappa shape index (κ2) is 5.98. The zero-order valence-corrected chi connectivity index (χ0v) is 13.9. The minimum atomic E-state index is -0.133. The number of rotatable bonds is 2. The molecule has 0 saturated heterocycles. The molecule has 104 valence electrons. The molecule has 0 heterocycles. The fourth-order valence-electron chi connectivity index (χ4n) is 2.14. The molecule has 0 radical (unpaired) electrons. The summed E-state index contributed by atoms with van der Waals surface area (Å²) in [7, 11) is 0. The Labute approximate surface area is 132 Å². The van der Waals surface area contributed by atoms with Gasteiger partial charge in [0.1, 0.15) is 0 Å². The van der Waals surface area contributed by atoms with E-state index in [1.165, 1.54) is 0 Å². The van der Waals surface area contributed by atoms with E-state index in [2.05, 4.69) is 21.2 Å². The van der Waals surface area contributed by atoms with Crippen molar-refractivity contribution in [3.05, 3.63) is 62.1 Å². The van der Waals surface area contributed by atoms with Crippen LogP contribution in [0.2, 0.25) is 5.02 Å². The standard InChI is InChI=1S/C16H15BrClNO/c1-9-6-11(3)15(14(17)7-9)19-16(20)13-5-4-12(18)8-10(13)2/h4-8H,1-3H3,(H,19,20).